The topological polar surface area (TPSA) is 102 Å². The van der Waals surface area contributed by atoms with Crippen molar-refractivity contribution in [3.63, 3.8) is 0 Å². The number of aromatic nitrogens is 2. The maximum atomic E-state index is 13.3. The van der Waals surface area contributed by atoms with E-state index in [0.717, 1.165) is 31.2 Å². The van der Waals surface area contributed by atoms with Crippen LogP contribution in [0.2, 0.25) is 5.02 Å². The monoisotopic (exact) mass is 510 g/mol. The molecule has 0 spiro atoms. The van der Waals surface area contributed by atoms with Crippen molar-refractivity contribution in [2.24, 2.45) is 0 Å². The van der Waals surface area contributed by atoms with Crippen LogP contribution >= 0.6 is 11.6 Å². The van der Waals surface area contributed by atoms with Crippen LogP contribution < -0.4 is 21.9 Å². The summed E-state index contributed by atoms with van der Waals surface area (Å²) in [6, 6.07) is 14.2. The lowest BCUT2D eigenvalue weighted by molar-refractivity contribution is -0.122. The smallest absolute Gasteiger partial charge is 0.331 e. The second-order valence-electron chi connectivity index (χ2n) is 9.25. The molecule has 1 aliphatic carbocycles. The van der Waals surface area contributed by atoms with Crippen LogP contribution in [0.25, 0.3) is 10.9 Å². The molecule has 2 amide bonds. The summed E-state index contributed by atoms with van der Waals surface area (Å²) in [6.45, 7) is 0.272. The van der Waals surface area contributed by atoms with Crippen molar-refractivity contribution in [3.8, 4) is 0 Å². The minimum Gasteiger partial charge on any atom is -0.353 e. The molecule has 0 aliphatic heterocycles. The molecule has 0 radical (unpaired) electrons. The van der Waals surface area contributed by atoms with Crippen molar-refractivity contribution in [2.45, 2.75) is 70.6 Å². The molecule has 1 saturated carbocycles. The largest absolute Gasteiger partial charge is 0.353 e. The zero-order chi connectivity index (χ0) is 25.5. The minimum absolute atomic E-state index is 0.0162. The van der Waals surface area contributed by atoms with Crippen molar-refractivity contribution in [1.29, 1.82) is 0 Å². The number of para-hydroxylation sites is 1. The first-order valence-corrected chi connectivity index (χ1v) is 12.8. The lowest BCUT2D eigenvalue weighted by Gasteiger charge is -2.14. The number of unbranched alkanes of at least 4 members (excludes halogenated alkanes) is 1. The quantitative estimate of drug-likeness (QED) is 0.408. The Labute approximate surface area is 214 Å². The second-order valence-corrected chi connectivity index (χ2v) is 9.69. The van der Waals surface area contributed by atoms with Gasteiger partial charge in [-0.15, -0.1) is 0 Å². The molecule has 1 fully saturated rings. The summed E-state index contributed by atoms with van der Waals surface area (Å²) in [5.41, 5.74) is 0.382. The van der Waals surface area contributed by atoms with Crippen LogP contribution in [0.1, 0.15) is 50.5 Å². The van der Waals surface area contributed by atoms with Gasteiger partial charge in [0.15, 0.2) is 0 Å². The average molecular weight is 511 g/mol. The first-order chi connectivity index (χ1) is 17.4. The van der Waals surface area contributed by atoms with Crippen molar-refractivity contribution in [2.75, 3.05) is 0 Å². The van der Waals surface area contributed by atoms with Crippen LogP contribution in [0.15, 0.2) is 58.1 Å². The Morgan fingerprint density at radius 2 is 1.64 bits per heavy atom. The summed E-state index contributed by atoms with van der Waals surface area (Å²) in [5.74, 6) is -0.325. The van der Waals surface area contributed by atoms with Gasteiger partial charge in [-0.2, -0.15) is 0 Å². The molecular weight excluding hydrogens is 480 g/mol. The molecule has 36 heavy (non-hydrogen) atoms. The average Bonchev–Trinajstić information content (AvgIpc) is 3.38. The molecule has 2 N–H and O–H groups in total. The van der Waals surface area contributed by atoms with Crippen LogP contribution in [-0.4, -0.2) is 27.0 Å². The first kappa shape index (κ1) is 25.7. The lowest BCUT2D eigenvalue weighted by atomic mass is 10.2. The highest BCUT2D eigenvalue weighted by atomic mass is 35.5. The highest BCUT2D eigenvalue weighted by molar-refractivity contribution is 6.30. The van der Waals surface area contributed by atoms with E-state index < -0.39 is 5.69 Å². The number of carbonyl (C=O) groups excluding carboxylic acids is 2. The molecule has 3 aromatic rings. The molecule has 9 heteroatoms. The first-order valence-electron chi connectivity index (χ1n) is 12.5. The van der Waals surface area contributed by atoms with E-state index in [0.29, 0.717) is 41.7 Å². The Hall–Kier alpha value is -3.39. The molecule has 0 unspecified atom stereocenters. The van der Waals surface area contributed by atoms with E-state index >= 15 is 0 Å². The van der Waals surface area contributed by atoms with Gasteiger partial charge < -0.3 is 10.6 Å². The second kappa shape index (κ2) is 12.0. The normalized spacial score (nSPS) is 13.7. The molecule has 0 atom stereocenters. The van der Waals surface area contributed by atoms with Crippen LogP contribution in [-0.2, 0) is 29.2 Å². The van der Waals surface area contributed by atoms with Gasteiger partial charge in [0.05, 0.1) is 10.9 Å². The van der Waals surface area contributed by atoms with E-state index in [1.54, 1.807) is 36.4 Å². The third-order valence-electron chi connectivity index (χ3n) is 6.59. The zero-order valence-electron chi connectivity index (χ0n) is 20.2. The number of halogens is 1. The standard InChI is InChI=1S/C27H31ClN4O4/c28-20-14-12-19(13-15-20)17-29-25(34)18-32-23-10-4-3-9-22(23)26(35)31(27(32)36)16-6-5-11-24(33)30-21-7-1-2-8-21/h3-4,9-10,12-15,21H,1-2,5-8,11,16-18H2,(H,29,34)(H,30,33). The highest BCUT2D eigenvalue weighted by Gasteiger charge is 2.18. The van der Waals surface area contributed by atoms with Gasteiger partial charge in [-0.3, -0.25) is 23.5 Å². The Balaban J connectivity index is 1.43. The van der Waals surface area contributed by atoms with E-state index in [1.807, 2.05) is 12.1 Å². The van der Waals surface area contributed by atoms with E-state index in [1.165, 1.54) is 9.13 Å². The van der Waals surface area contributed by atoms with Crippen molar-refractivity contribution in [1.82, 2.24) is 19.8 Å². The van der Waals surface area contributed by atoms with Gasteiger partial charge in [-0.1, -0.05) is 48.7 Å². The third kappa shape index (κ3) is 6.43. The number of amides is 2. The fourth-order valence-electron chi connectivity index (χ4n) is 4.65. The predicted octanol–water partition coefficient (Wildman–Crippen LogP) is 3.36. The van der Waals surface area contributed by atoms with Gasteiger partial charge in [0.1, 0.15) is 6.54 Å². The number of nitrogens with one attached hydrogen (secondary N) is 2. The highest BCUT2D eigenvalue weighted by Crippen LogP contribution is 2.18. The van der Waals surface area contributed by atoms with Crippen LogP contribution in [0.3, 0.4) is 0 Å². The summed E-state index contributed by atoms with van der Waals surface area (Å²) >= 11 is 5.90. The van der Waals surface area contributed by atoms with Crippen LogP contribution in [0, 0.1) is 0 Å². The SMILES string of the molecule is O=C(Cn1c(=O)n(CCCCC(=O)NC2CCCC2)c(=O)c2ccccc21)NCc1ccc(Cl)cc1. The van der Waals surface area contributed by atoms with Crippen molar-refractivity contribution in [3.05, 3.63) is 80.0 Å². The Morgan fingerprint density at radius 3 is 2.39 bits per heavy atom. The molecule has 2 aromatic carbocycles. The third-order valence-corrected chi connectivity index (χ3v) is 6.84. The van der Waals surface area contributed by atoms with Gasteiger partial charge in [-0.05, 0) is 55.5 Å². The van der Waals surface area contributed by atoms with Gasteiger partial charge >= 0.3 is 5.69 Å². The Kier molecular flexibility index (Phi) is 8.59. The Bertz CT molecular complexity index is 1340. The molecule has 1 aliphatic rings. The number of carbonyl (C=O) groups is 2. The summed E-state index contributed by atoms with van der Waals surface area (Å²) < 4.78 is 2.50. The Morgan fingerprint density at radius 1 is 0.917 bits per heavy atom. The fraction of sp³-hybridized carbons (Fsp3) is 0.407. The zero-order valence-corrected chi connectivity index (χ0v) is 20.9. The molecule has 1 heterocycles. The number of rotatable bonds is 10. The summed E-state index contributed by atoms with van der Waals surface area (Å²) in [4.78, 5) is 51.2. The van der Waals surface area contributed by atoms with Gasteiger partial charge in [0.25, 0.3) is 5.56 Å². The van der Waals surface area contributed by atoms with Crippen LogP contribution in [0.5, 0.6) is 0 Å². The molecule has 0 saturated heterocycles. The number of benzene rings is 2. The van der Waals surface area contributed by atoms with Gasteiger partial charge in [0, 0.05) is 30.6 Å². The van der Waals surface area contributed by atoms with E-state index in [-0.39, 0.29) is 36.5 Å². The van der Waals surface area contributed by atoms with Crippen LogP contribution in [0.4, 0.5) is 0 Å². The summed E-state index contributed by atoms with van der Waals surface area (Å²) in [6.07, 6.45) is 5.81. The molecule has 8 nitrogen and oxygen atoms in total. The number of hydrogen-bond donors (Lipinski definition) is 2. The molecule has 4 rings (SSSR count). The minimum atomic E-state index is -0.532. The van der Waals surface area contributed by atoms with Crippen molar-refractivity contribution >= 4 is 34.3 Å². The molecule has 0 bridgehead atoms. The molecular formula is C27H31ClN4O4. The fourth-order valence-corrected chi connectivity index (χ4v) is 4.77. The van der Waals surface area contributed by atoms with Gasteiger partial charge in [-0.25, -0.2) is 4.79 Å². The van der Waals surface area contributed by atoms with E-state index in [2.05, 4.69) is 10.6 Å². The summed E-state index contributed by atoms with van der Waals surface area (Å²) in [5, 5.41) is 6.86. The maximum Gasteiger partial charge on any atom is 0.331 e. The lowest BCUT2D eigenvalue weighted by Crippen LogP contribution is -2.42. The van der Waals surface area contributed by atoms with Gasteiger partial charge in [0.2, 0.25) is 11.8 Å². The van der Waals surface area contributed by atoms with Crippen molar-refractivity contribution < 1.29 is 9.59 Å². The summed E-state index contributed by atoms with van der Waals surface area (Å²) in [7, 11) is 0. The number of nitrogens with zero attached hydrogens (tertiary/aromatic N) is 2. The van der Waals surface area contributed by atoms with E-state index in [4.69, 9.17) is 11.6 Å². The maximum absolute atomic E-state index is 13.3. The predicted molar refractivity (Wildman–Crippen MR) is 140 cm³/mol. The molecule has 1 aromatic heterocycles. The van der Waals surface area contributed by atoms with E-state index in [9.17, 15) is 19.2 Å². The number of fused-ring (bicyclic) bond motifs is 1. The number of hydrogen-bond acceptors (Lipinski definition) is 4. The molecule has 190 valence electrons.